The third kappa shape index (κ3) is 2.75. The summed E-state index contributed by atoms with van der Waals surface area (Å²) in [6.45, 7) is 10.2. The molecular formula is C13H22NOP. The van der Waals surface area contributed by atoms with Gasteiger partial charge in [-0.2, -0.15) is 0 Å². The summed E-state index contributed by atoms with van der Waals surface area (Å²) in [5.41, 5.74) is 0. The van der Waals surface area contributed by atoms with Crippen LogP contribution in [0.4, 0.5) is 0 Å². The van der Waals surface area contributed by atoms with Crippen molar-refractivity contribution in [1.29, 1.82) is 0 Å². The van der Waals surface area contributed by atoms with Crippen molar-refractivity contribution in [2.24, 2.45) is 0 Å². The van der Waals surface area contributed by atoms with Gasteiger partial charge >= 0.3 is 0 Å². The summed E-state index contributed by atoms with van der Waals surface area (Å²) in [7, 11) is -2.43. The van der Waals surface area contributed by atoms with E-state index in [0.29, 0.717) is 0 Å². The lowest BCUT2D eigenvalue weighted by atomic mass is 10.3. The first-order valence-corrected chi connectivity index (χ1v) is 7.90. The van der Waals surface area contributed by atoms with Gasteiger partial charge in [0.2, 0.25) is 0 Å². The van der Waals surface area contributed by atoms with Gasteiger partial charge in [0, 0.05) is 24.1 Å². The van der Waals surface area contributed by atoms with E-state index in [4.69, 9.17) is 0 Å². The molecule has 1 aromatic carbocycles. The summed E-state index contributed by atoms with van der Waals surface area (Å²) in [6, 6.07) is 10.3. The molecular weight excluding hydrogens is 217 g/mol. The summed E-state index contributed by atoms with van der Waals surface area (Å²) in [5.74, 6) is 0. The summed E-state index contributed by atoms with van der Waals surface area (Å²) >= 11 is 0. The predicted octanol–water partition coefficient (Wildman–Crippen LogP) is 3.34. The van der Waals surface area contributed by atoms with Crippen LogP contribution in [-0.2, 0) is 4.57 Å². The third-order valence-corrected chi connectivity index (χ3v) is 5.80. The third-order valence-electron chi connectivity index (χ3n) is 2.73. The molecule has 0 saturated heterocycles. The molecule has 0 bridgehead atoms. The monoisotopic (exact) mass is 239 g/mol. The highest BCUT2D eigenvalue weighted by Gasteiger charge is 2.31. The minimum atomic E-state index is -2.43. The topological polar surface area (TPSA) is 20.3 Å². The van der Waals surface area contributed by atoms with Crippen molar-refractivity contribution in [2.75, 3.05) is 6.66 Å². The van der Waals surface area contributed by atoms with Gasteiger partial charge in [-0.1, -0.05) is 30.3 Å². The Bertz CT molecular complexity index is 365. The van der Waals surface area contributed by atoms with Gasteiger partial charge in [0.25, 0.3) is 0 Å². The molecule has 0 heterocycles. The Balaban J connectivity index is 3.14. The van der Waals surface area contributed by atoms with Crippen LogP contribution in [0.5, 0.6) is 0 Å². The molecule has 0 aliphatic carbocycles. The fourth-order valence-corrected chi connectivity index (χ4v) is 5.07. The van der Waals surface area contributed by atoms with Crippen LogP contribution in [0.25, 0.3) is 0 Å². The maximum absolute atomic E-state index is 12.9. The highest BCUT2D eigenvalue weighted by molar-refractivity contribution is 7.68. The van der Waals surface area contributed by atoms with E-state index in [2.05, 4.69) is 32.4 Å². The first-order chi connectivity index (χ1) is 7.37. The van der Waals surface area contributed by atoms with Crippen LogP contribution in [0, 0.1) is 0 Å². The highest BCUT2D eigenvalue weighted by Crippen LogP contribution is 2.47. The van der Waals surface area contributed by atoms with E-state index < -0.39 is 7.29 Å². The molecule has 1 rings (SSSR count). The van der Waals surface area contributed by atoms with Gasteiger partial charge in [-0.15, -0.1) is 0 Å². The van der Waals surface area contributed by atoms with Gasteiger partial charge < -0.3 is 4.57 Å². The van der Waals surface area contributed by atoms with Crippen LogP contribution < -0.4 is 5.30 Å². The van der Waals surface area contributed by atoms with Crippen LogP contribution in [0.2, 0.25) is 0 Å². The average molecular weight is 239 g/mol. The molecule has 3 heteroatoms. The predicted molar refractivity (Wildman–Crippen MR) is 71.7 cm³/mol. The maximum Gasteiger partial charge on any atom is 0.176 e. The molecule has 0 aliphatic rings. The van der Waals surface area contributed by atoms with E-state index in [-0.39, 0.29) is 12.1 Å². The quantitative estimate of drug-likeness (QED) is 0.751. The number of hydrogen-bond acceptors (Lipinski definition) is 1. The molecule has 0 radical (unpaired) electrons. The number of hydrogen-bond donors (Lipinski definition) is 0. The van der Waals surface area contributed by atoms with Crippen molar-refractivity contribution < 1.29 is 4.57 Å². The zero-order valence-electron chi connectivity index (χ0n) is 10.8. The zero-order chi connectivity index (χ0) is 12.3. The lowest BCUT2D eigenvalue weighted by molar-refractivity contribution is 0.305. The molecule has 0 aromatic heterocycles. The van der Waals surface area contributed by atoms with Crippen molar-refractivity contribution in [3.8, 4) is 0 Å². The zero-order valence-corrected chi connectivity index (χ0v) is 11.7. The largest absolute Gasteiger partial charge is 0.302 e. The molecule has 1 atom stereocenters. The van der Waals surface area contributed by atoms with Gasteiger partial charge in [0.05, 0.1) is 0 Å². The molecule has 16 heavy (non-hydrogen) atoms. The van der Waals surface area contributed by atoms with Crippen LogP contribution in [-0.4, -0.2) is 23.4 Å². The molecule has 0 amide bonds. The molecule has 2 nitrogen and oxygen atoms in total. The van der Waals surface area contributed by atoms with E-state index in [0.717, 1.165) is 5.30 Å². The second-order valence-corrected chi connectivity index (χ2v) is 7.52. The SMILES string of the molecule is CC(C)N(C(C)C)P(C)(=O)c1ccccc1. The van der Waals surface area contributed by atoms with Crippen molar-refractivity contribution >= 4 is 12.6 Å². The lowest BCUT2D eigenvalue weighted by Gasteiger charge is -2.36. The van der Waals surface area contributed by atoms with Gasteiger partial charge in [-0.25, -0.2) is 4.67 Å². The Hall–Kier alpha value is -0.590. The van der Waals surface area contributed by atoms with Crippen LogP contribution >= 0.6 is 7.29 Å². The summed E-state index contributed by atoms with van der Waals surface area (Å²) < 4.78 is 15.0. The van der Waals surface area contributed by atoms with Gasteiger partial charge in [-0.05, 0) is 27.7 Å². The molecule has 0 N–H and O–H groups in total. The number of benzene rings is 1. The Morgan fingerprint density at radius 2 is 1.44 bits per heavy atom. The van der Waals surface area contributed by atoms with Crippen LogP contribution in [0.1, 0.15) is 27.7 Å². The standard InChI is InChI=1S/C13H22NOP/c1-11(2)14(12(3)4)16(5,15)13-9-7-6-8-10-13/h6-12H,1-5H3. The Labute approximate surface area is 99.1 Å². The minimum Gasteiger partial charge on any atom is -0.302 e. The fraction of sp³-hybridized carbons (Fsp3) is 0.538. The Morgan fingerprint density at radius 3 is 1.81 bits per heavy atom. The second-order valence-electron chi connectivity index (χ2n) is 4.78. The smallest absolute Gasteiger partial charge is 0.176 e. The van der Waals surface area contributed by atoms with Gasteiger partial charge in [-0.3, -0.25) is 0 Å². The van der Waals surface area contributed by atoms with E-state index in [1.165, 1.54) is 0 Å². The molecule has 0 fully saturated rings. The van der Waals surface area contributed by atoms with Crippen molar-refractivity contribution in [1.82, 2.24) is 4.67 Å². The van der Waals surface area contributed by atoms with Crippen LogP contribution in [0.3, 0.4) is 0 Å². The van der Waals surface area contributed by atoms with Crippen molar-refractivity contribution in [3.05, 3.63) is 30.3 Å². The molecule has 1 aromatic rings. The fourth-order valence-electron chi connectivity index (χ4n) is 2.32. The van der Waals surface area contributed by atoms with E-state index in [1.807, 2.05) is 37.0 Å². The van der Waals surface area contributed by atoms with Gasteiger partial charge in [0.1, 0.15) is 0 Å². The maximum atomic E-state index is 12.9. The molecule has 1 unspecified atom stereocenters. The first kappa shape index (κ1) is 13.5. The molecule has 0 aliphatic heterocycles. The van der Waals surface area contributed by atoms with E-state index in [1.54, 1.807) is 0 Å². The normalized spacial score (nSPS) is 15.8. The van der Waals surface area contributed by atoms with Crippen molar-refractivity contribution in [2.45, 2.75) is 39.8 Å². The molecule has 90 valence electrons. The second kappa shape index (κ2) is 5.16. The molecule has 0 saturated carbocycles. The molecule has 0 spiro atoms. The lowest BCUT2D eigenvalue weighted by Crippen LogP contribution is -2.36. The number of nitrogens with zero attached hydrogens (tertiary/aromatic N) is 1. The average Bonchev–Trinajstić information content (AvgIpc) is 2.17. The van der Waals surface area contributed by atoms with Crippen molar-refractivity contribution in [3.63, 3.8) is 0 Å². The van der Waals surface area contributed by atoms with Gasteiger partial charge in [0.15, 0.2) is 7.29 Å². The summed E-state index contributed by atoms with van der Waals surface area (Å²) in [6.07, 6.45) is 0. The van der Waals surface area contributed by atoms with Crippen LogP contribution in [0.15, 0.2) is 30.3 Å². The van der Waals surface area contributed by atoms with E-state index in [9.17, 15) is 4.57 Å². The Morgan fingerprint density at radius 1 is 1.00 bits per heavy atom. The Kier molecular flexibility index (Phi) is 4.35. The number of rotatable bonds is 4. The first-order valence-electron chi connectivity index (χ1n) is 5.79. The summed E-state index contributed by atoms with van der Waals surface area (Å²) in [4.78, 5) is 0. The highest BCUT2D eigenvalue weighted by atomic mass is 31.2. The minimum absolute atomic E-state index is 0.288. The van der Waals surface area contributed by atoms with E-state index >= 15 is 0 Å². The summed E-state index contributed by atoms with van der Waals surface area (Å²) in [5, 5.41) is 0.942.